The van der Waals surface area contributed by atoms with Crippen LogP contribution in [0.15, 0.2) is 84.9 Å². The van der Waals surface area contributed by atoms with Gasteiger partial charge >= 0.3 is 0 Å². The molecule has 0 bridgehead atoms. The minimum absolute atomic E-state index is 0.362. The van der Waals surface area contributed by atoms with Crippen molar-refractivity contribution in [1.29, 1.82) is 0 Å². The summed E-state index contributed by atoms with van der Waals surface area (Å²) < 4.78 is 0. The van der Waals surface area contributed by atoms with Gasteiger partial charge in [-0.15, -0.1) is 0 Å². The molecule has 0 aliphatic rings. The van der Waals surface area contributed by atoms with Crippen LogP contribution in [0.2, 0.25) is 0 Å². The maximum atomic E-state index is 6.33. The summed E-state index contributed by atoms with van der Waals surface area (Å²) in [5, 5.41) is 4.99. The number of hydrogen-bond donors (Lipinski definition) is 2. The molecule has 0 radical (unpaired) electrons. The van der Waals surface area contributed by atoms with Crippen LogP contribution >= 0.6 is 0 Å². The summed E-state index contributed by atoms with van der Waals surface area (Å²) >= 11 is 0. The normalized spacial score (nSPS) is 11.7. The van der Waals surface area contributed by atoms with Crippen LogP contribution in [0.3, 0.4) is 0 Å². The zero-order chi connectivity index (χ0) is 24.0. The molecule has 34 heavy (non-hydrogen) atoms. The first-order valence-electron chi connectivity index (χ1n) is 12.1. The quantitative estimate of drug-likeness (QED) is 0.215. The fraction of sp³-hybridized carbons (Fsp3) is 0.188. The summed E-state index contributed by atoms with van der Waals surface area (Å²) in [6.45, 7) is 8.79. The van der Waals surface area contributed by atoms with Gasteiger partial charge in [-0.3, -0.25) is 0 Å². The molecule has 5 rings (SSSR count). The standard InChI is InChI=1S/C32H32N2/c1-19(2)27-17-21(13-15-29(27)33)31-23-9-5-7-11-25(23)32(26-12-8-6-10-24(26)31)22-14-16-30(34)28(18-22)20(3)4/h5-20H,33-34H2,1-4H3. The third-order valence-electron chi connectivity index (χ3n) is 6.93. The molecule has 4 N–H and O–H groups in total. The zero-order valence-corrected chi connectivity index (χ0v) is 20.4. The van der Waals surface area contributed by atoms with Gasteiger partial charge in [-0.1, -0.05) is 88.4 Å². The van der Waals surface area contributed by atoms with Crippen molar-refractivity contribution in [2.24, 2.45) is 0 Å². The molecule has 5 aromatic carbocycles. The Balaban J connectivity index is 1.91. The van der Waals surface area contributed by atoms with E-state index in [2.05, 4.69) is 113 Å². The molecule has 0 aromatic heterocycles. The molecule has 5 aromatic rings. The van der Waals surface area contributed by atoms with Crippen LogP contribution < -0.4 is 11.5 Å². The summed E-state index contributed by atoms with van der Waals surface area (Å²) in [4.78, 5) is 0. The third kappa shape index (κ3) is 3.60. The first-order valence-corrected chi connectivity index (χ1v) is 12.1. The lowest BCUT2D eigenvalue weighted by atomic mass is 9.84. The van der Waals surface area contributed by atoms with Crippen molar-refractivity contribution >= 4 is 32.9 Å². The average molecular weight is 445 g/mol. The molecule has 2 nitrogen and oxygen atoms in total. The molecule has 0 fully saturated rings. The molecule has 170 valence electrons. The van der Waals surface area contributed by atoms with Crippen molar-refractivity contribution in [3.05, 3.63) is 96.1 Å². The Labute approximate surface area is 202 Å². The maximum Gasteiger partial charge on any atom is 0.0349 e. The summed E-state index contributed by atoms with van der Waals surface area (Å²) in [6, 6.07) is 30.5. The van der Waals surface area contributed by atoms with Gasteiger partial charge < -0.3 is 11.5 Å². The van der Waals surface area contributed by atoms with Crippen molar-refractivity contribution in [3.8, 4) is 22.3 Å². The maximum absolute atomic E-state index is 6.33. The molecule has 0 spiro atoms. The van der Waals surface area contributed by atoms with Crippen LogP contribution in [0, 0.1) is 0 Å². The third-order valence-corrected chi connectivity index (χ3v) is 6.93. The van der Waals surface area contributed by atoms with E-state index in [0.29, 0.717) is 11.8 Å². The Morgan fingerprint density at radius 2 is 0.794 bits per heavy atom. The summed E-state index contributed by atoms with van der Waals surface area (Å²) in [6.07, 6.45) is 0. The predicted octanol–water partition coefficient (Wildman–Crippen LogP) is 8.74. The first-order chi connectivity index (χ1) is 16.4. The average Bonchev–Trinajstić information content (AvgIpc) is 2.83. The van der Waals surface area contributed by atoms with Crippen LogP contribution in [-0.2, 0) is 0 Å². The number of benzene rings is 5. The van der Waals surface area contributed by atoms with E-state index in [0.717, 1.165) is 11.4 Å². The fourth-order valence-corrected chi connectivity index (χ4v) is 5.21. The van der Waals surface area contributed by atoms with E-state index in [-0.39, 0.29) is 0 Å². The second kappa shape index (κ2) is 8.53. The molecular weight excluding hydrogens is 412 g/mol. The van der Waals surface area contributed by atoms with Gasteiger partial charge in [0.2, 0.25) is 0 Å². The highest BCUT2D eigenvalue weighted by Crippen LogP contribution is 2.45. The SMILES string of the molecule is CC(C)c1cc(-c2c3ccccc3c(-c3ccc(N)c(C(C)C)c3)c3ccccc23)ccc1N. The van der Waals surface area contributed by atoms with E-state index in [1.165, 1.54) is 54.9 Å². The van der Waals surface area contributed by atoms with E-state index >= 15 is 0 Å². The van der Waals surface area contributed by atoms with Crippen LogP contribution in [-0.4, -0.2) is 0 Å². The smallest absolute Gasteiger partial charge is 0.0349 e. The fourth-order valence-electron chi connectivity index (χ4n) is 5.21. The number of nitrogens with two attached hydrogens (primary N) is 2. The number of nitrogen functional groups attached to an aromatic ring is 2. The topological polar surface area (TPSA) is 52.0 Å². The largest absolute Gasteiger partial charge is 0.398 e. The van der Waals surface area contributed by atoms with Crippen LogP contribution in [0.5, 0.6) is 0 Å². The second-order valence-corrected chi connectivity index (χ2v) is 9.84. The molecular formula is C32H32N2. The molecule has 2 heteroatoms. The van der Waals surface area contributed by atoms with Crippen molar-refractivity contribution in [2.75, 3.05) is 11.5 Å². The molecule has 0 heterocycles. The van der Waals surface area contributed by atoms with Crippen LogP contribution in [0.25, 0.3) is 43.8 Å². The highest BCUT2D eigenvalue weighted by atomic mass is 14.6. The molecule has 0 unspecified atom stereocenters. The molecule has 0 aliphatic heterocycles. The summed E-state index contributed by atoms with van der Waals surface area (Å²) in [5.74, 6) is 0.724. The van der Waals surface area contributed by atoms with Crippen molar-refractivity contribution < 1.29 is 0 Å². The Hall–Kier alpha value is -3.78. The van der Waals surface area contributed by atoms with Gasteiger partial charge in [0, 0.05) is 11.4 Å². The molecule has 0 atom stereocenters. The van der Waals surface area contributed by atoms with Gasteiger partial charge in [0.15, 0.2) is 0 Å². The molecule has 0 saturated carbocycles. The van der Waals surface area contributed by atoms with Crippen molar-refractivity contribution in [2.45, 2.75) is 39.5 Å². The van der Waals surface area contributed by atoms with E-state index in [1.807, 2.05) is 0 Å². The Morgan fingerprint density at radius 1 is 0.471 bits per heavy atom. The highest BCUT2D eigenvalue weighted by molar-refractivity contribution is 6.21. The monoisotopic (exact) mass is 444 g/mol. The van der Waals surface area contributed by atoms with Crippen LogP contribution in [0.1, 0.15) is 50.7 Å². The van der Waals surface area contributed by atoms with Gasteiger partial charge in [0.25, 0.3) is 0 Å². The van der Waals surface area contributed by atoms with Gasteiger partial charge in [0.05, 0.1) is 0 Å². The van der Waals surface area contributed by atoms with Gasteiger partial charge in [-0.25, -0.2) is 0 Å². The van der Waals surface area contributed by atoms with Gasteiger partial charge in [-0.2, -0.15) is 0 Å². The van der Waals surface area contributed by atoms with E-state index in [9.17, 15) is 0 Å². The molecule has 0 aliphatic carbocycles. The highest BCUT2D eigenvalue weighted by Gasteiger charge is 2.18. The Morgan fingerprint density at radius 3 is 1.09 bits per heavy atom. The van der Waals surface area contributed by atoms with E-state index in [1.54, 1.807) is 0 Å². The molecule has 0 amide bonds. The van der Waals surface area contributed by atoms with Crippen LogP contribution in [0.4, 0.5) is 11.4 Å². The predicted molar refractivity (Wildman–Crippen MR) is 149 cm³/mol. The minimum Gasteiger partial charge on any atom is -0.398 e. The number of hydrogen-bond acceptors (Lipinski definition) is 2. The van der Waals surface area contributed by atoms with Gasteiger partial charge in [0.1, 0.15) is 0 Å². The summed E-state index contributed by atoms with van der Waals surface area (Å²) in [7, 11) is 0. The number of anilines is 2. The first kappa shape index (κ1) is 22.0. The minimum atomic E-state index is 0.362. The Bertz CT molecular complexity index is 1350. The number of rotatable bonds is 4. The van der Waals surface area contributed by atoms with Crippen molar-refractivity contribution in [1.82, 2.24) is 0 Å². The number of fused-ring (bicyclic) bond motifs is 2. The van der Waals surface area contributed by atoms with E-state index < -0.39 is 0 Å². The van der Waals surface area contributed by atoms with Gasteiger partial charge in [-0.05, 0) is 91.0 Å². The zero-order valence-electron chi connectivity index (χ0n) is 20.4. The lowest BCUT2D eigenvalue weighted by molar-refractivity contribution is 0.870. The second-order valence-electron chi connectivity index (χ2n) is 9.84. The van der Waals surface area contributed by atoms with Crippen molar-refractivity contribution in [3.63, 3.8) is 0 Å². The molecule has 0 saturated heterocycles. The summed E-state index contributed by atoms with van der Waals surface area (Å²) in [5.41, 5.74) is 21.7. The van der Waals surface area contributed by atoms with E-state index in [4.69, 9.17) is 11.5 Å². The Kier molecular flexibility index (Phi) is 5.53. The lowest BCUT2D eigenvalue weighted by Crippen LogP contribution is -1.98. The lowest BCUT2D eigenvalue weighted by Gasteiger charge is -2.20.